The minimum absolute atomic E-state index is 0.309. The Bertz CT molecular complexity index is 861. The summed E-state index contributed by atoms with van der Waals surface area (Å²) < 4.78 is 10.6. The van der Waals surface area contributed by atoms with E-state index in [-0.39, 0.29) is 19.1 Å². The minimum atomic E-state index is -0.662. The average Bonchev–Trinajstić information content (AvgIpc) is 2.81. The lowest BCUT2D eigenvalue weighted by Gasteiger charge is -2.21. The van der Waals surface area contributed by atoms with E-state index in [0.29, 0.717) is 29.5 Å². The van der Waals surface area contributed by atoms with Crippen molar-refractivity contribution >= 4 is 17.8 Å². The van der Waals surface area contributed by atoms with Crippen molar-refractivity contribution < 1.29 is 23.9 Å². The lowest BCUT2D eigenvalue weighted by atomic mass is 9.89. The molecule has 2 amide bonds. The van der Waals surface area contributed by atoms with E-state index in [1.54, 1.807) is 24.3 Å². The van der Waals surface area contributed by atoms with Crippen LogP contribution in [0.15, 0.2) is 54.6 Å². The molecule has 0 saturated heterocycles. The molecular weight excluding hydrogens is 396 g/mol. The highest BCUT2D eigenvalue weighted by Gasteiger charge is 2.15. The fraction of sp³-hybridized carbons (Fsp3) is 0.375. The number of carbonyl (C=O) groups excluding carboxylic acids is 3. The molecule has 2 aromatic carbocycles. The summed E-state index contributed by atoms with van der Waals surface area (Å²) in [5, 5.41) is 5.30. The van der Waals surface area contributed by atoms with Crippen LogP contribution in [0.25, 0.3) is 0 Å². The van der Waals surface area contributed by atoms with Gasteiger partial charge >= 0.3 is 5.97 Å². The molecule has 1 fully saturated rings. The Morgan fingerprint density at radius 1 is 0.839 bits per heavy atom. The van der Waals surface area contributed by atoms with E-state index in [1.165, 1.54) is 19.3 Å². The van der Waals surface area contributed by atoms with Gasteiger partial charge < -0.3 is 20.1 Å². The molecule has 1 saturated carbocycles. The predicted octanol–water partition coefficient (Wildman–Crippen LogP) is 3.45. The van der Waals surface area contributed by atoms with Crippen LogP contribution in [0.3, 0.4) is 0 Å². The molecule has 2 N–H and O–H groups in total. The maximum atomic E-state index is 12.2. The third kappa shape index (κ3) is 7.77. The standard InChI is InChI=1S/C24H28N2O5/c27-22(25-15-18-7-3-1-4-8-18)17-30-23(28)16-26-24(29)19-11-13-21(14-12-19)31-20-9-5-2-6-10-20/h2,5-6,9-14,18H,1,3-4,7-8,15-17H2,(H,25,27)(H,26,29). The Morgan fingerprint density at radius 3 is 2.23 bits per heavy atom. The molecule has 0 aliphatic heterocycles. The largest absolute Gasteiger partial charge is 0.457 e. The number of para-hydroxylation sites is 1. The molecule has 2 aromatic rings. The van der Waals surface area contributed by atoms with Crippen LogP contribution in [0.2, 0.25) is 0 Å². The first-order valence-corrected chi connectivity index (χ1v) is 10.6. The molecule has 0 radical (unpaired) electrons. The quantitative estimate of drug-likeness (QED) is 0.602. The maximum absolute atomic E-state index is 12.2. The molecule has 0 aromatic heterocycles. The number of hydrogen-bond donors (Lipinski definition) is 2. The van der Waals surface area contributed by atoms with Gasteiger partial charge in [0.05, 0.1) is 0 Å². The number of esters is 1. The molecule has 0 spiro atoms. The van der Waals surface area contributed by atoms with Crippen molar-refractivity contribution in [2.75, 3.05) is 19.7 Å². The average molecular weight is 424 g/mol. The smallest absolute Gasteiger partial charge is 0.325 e. The summed E-state index contributed by atoms with van der Waals surface area (Å²) in [6, 6.07) is 15.9. The first-order valence-electron chi connectivity index (χ1n) is 10.6. The number of rotatable bonds is 9. The first kappa shape index (κ1) is 22.3. The molecule has 0 heterocycles. The zero-order valence-electron chi connectivity index (χ0n) is 17.5. The fourth-order valence-electron chi connectivity index (χ4n) is 3.45. The Morgan fingerprint density at radius 2 is 1.52 bits per heavy atom. The number of carbonyl (C=O) groups is 3. The SMILES string of the molecule is O=C(COC(=O)CNC(=O)c1ccc(Oc2ccccc2)cc1)NCC1CCCCC1. The van der Waals surface area contributed by atoms with Gasteiger partial charge in [-0.25, -0.2) is 0 Å². The van der Waals surface area contributed by atoms with Crippen LogP contribution in [0, 0.1) is 5.92 Å². The number of ether oxygens (including phenoxy) is 2. The Hall–Kier alpha value is -3.35. The summed E-state index contributed by atoms with van der Waals surface area (Å²) in [5.41, 5.74) is 0.387. The third-order valence-corrected chi connectivity index (χ3v) is 5.17. The number of hydrogen-bond acceptors (Lipinski definition) is 5. The normalized spacial score (nSPS) is 13.8. The van der Waals surface area contributed by atoms with Gasteiger partial charge in [0, 0.05) is 12.1 Å². The summed E-state index contributed by atoms with van der Waals surface area (Å²) in [6.07, 6.45) is 5.94. The van der Waals surface area contributed by atoms with Gasteiger partial charge in [0.1, 0.15) is 18.0 Å². The first-order chi connectivity index (χ1) is 15.1. The van der Waals surface area contributed by atoms with Gasteiger partial charge in [-0.15, -0.1) is 0 Å². The van der Waals surface area contributed by atoms with Gasteiger partial charge in [-0.2, -0.15) is 0 Å². The molecule has 31 heavy (non-hydrogen) atoms. The summed E-state index contributed by atoms with van der Waals surface area (Å²) in [5.74, 6) is 0.415. The van der Waals surface area contributed by atoms with Crippen molar-refractivity contribution in [3.05, 3.63) is 60.2 Å². The lowest BCUT2D eigenvalue weighted by molar-refractivity contribution is -0.147. The minimum Gasteiger partial charge on any atom is -0.457 e. The molecule has 3 rings (SSSR count). The Balaban J connectivity index is 1.33. The van der Waals surface area contributed by atoms with Crippen LogP contribution in [0.4, 0.5) is 0 Å². The van der Waals surface area contributed by atoms with Crippen LogP contribution >= 0.6 is 0 Å². The molecule has 0 unspecified atom stereocenters. The zero-order chi connectivity index (χ0) is 21.9. The monoisotopic (exact) mass is 424 g/mol. The van der Waals surface area contributed by atoms with E-state index < -0.39 is 11.9 Å². The summed E-state index contributed by atoms with van der Waals surface area (Å²) in [4.78, 5) is 35.8. The van der Waals surface area contributed by atoms with Crippen LogP contribution in [-0.2, 0) is 14.3 Å². The van der Waals surface area contributed by atoms with Crippen molar-refractivity contribution in [2.24, 2.45) is 5.92 Å². The second-order valence-electron chi connectivity index (χ2n) is 7.59. The topological polar surface area (TPSA) is 93.7 Å². The predicted molar refractivity (Wildman–Crippen MR) is 116 cm³/mol. The molecule has 0 atom stereocenters. The fourth-order valence-corrected chi connectivity index (χ4v) is 3.45. The highest BCUT2D eigenvalue weighted by Crippen LogP contribution is 2.23. The van der Waals surface area contributed by atoms with Gasteiger partial charge in [-0.3, -0.25) is 14.4 Å². The van der Waals surface area contributed by atoms with Crippen molar-refractivity contribution in [1.82, 2.24) is 10.6 Å². The Labute approximate surface area is 182 Å². The molecule has 164 valence electrons. The van der Waals surface area contributed by atoms with Crippen LogP contribution in [-0.4, -0.2) is 37.5 Å². The number of benzene rings is 2. The highest BCUT2D eigenvalue weighted by atomic mass is 16.5. The van der Waals surface area contributed by atoms with Gasteiger partial charge in [0.15, 0.2) is 6.61 Å². The maximum Gasteiger partial charge on any atom is 0.325 e. The molecule has 1 aliphatic carbocycles. The lowest BCUT2D eigenvalue weighted by Crippen LogP contribution is -2.35. The van der Waals surface area contributed by atoms with Gasteiger partial charge in [0.2, 0.25) is 0 Å². The van der Waals surface area contributed by atoms with Crippen LogP contribution in [0.1, 0.15) is 42.5 Å². The van der Waals surface area contributed by atoms with Crippen LogP contribution < -0.4 is 15.4 Å². The van der Waals surface area contributed by atoms with Crippen LogP contribution in [0.5, 0.6) is 11.5 Å². The molecule has 0 bridgehead atoms. The number of nitrogens with one attached hydrogen (secondary N) is 2. The zero-order valence-corrected chi connectivity index (χ0v) is 17.5. The van der Waals surface area contributed by atoms with E-state index in [9.17, 15) is 14.4 Å². The summed E-state index contributed by atoms with van der Waals surface area (Å²) in [7, 11) is 0. The van der Waals surface area contributed by atoms with Crippen molar-refractivity contribution in [2.45, 2.75) is 32.1 Å². The van der Waals surface area contributed by atoms with Crippen molar-refractivity contribution in [1.29, 1.82) is 0 Å². The molecule has 7 nitrogen and oxygen atoms in total. The van der Waals surface area contributed by atoms with E-state index in [4.69, 9.17) is 9.47 Å². The van der Waals surface area contributed by atoms with Gasteiger partial charge in [0.25, 0.3) is 11.8 Å². The second-order valence-corrected chi connectivity index (χ2v) is 7.59. The van der Waals surface area contributed by atoms with Crippen molar-refractivity contribution in [3.8, 4) is 11.5 Å². The van der Waals surface area contributed by atoms with E-state index in [2.05, 4.69) is 10.6 Å². The number of amides is 2. The van der Waals surface area contributed by atoms with Gasteiger partial charge in [-0.05, 0) is 55.2 Å². The van der Waals surface area contributed by atoms with Crippen molar-refractivity contribution in [3.63, 3.8) is 0 Å². The van der Waals surface area contributed by atoms with E-state index in [0.717, 1.165) is 12.8 Å². The molecular formula is C24H28N2O5. The summed E-state index contributed by atoms with van der Waals surface area (Å²) >= 11 is 0. The summed E-state index contributed by atoms with van der Waals surface area (Å²) in [6.45, 7) is -0.0267. The van der Waals surface area contributed by atoms with Gasteiger partial charge in [-0.1, -0.05) is 37.5 Å². The van der Waals surface area contributed by atoms with E-state index >= 15 is 0 Å². The molecule has 7 heteroatoms. The molecule has 1 aliphatic rings. The van der Waals surface area contributed by atoms with E-state index in [1.807, 2.05) is 30.3 Å². The second kappa shape index (κ2) is 11.7. The third-order valence-electron chi connectivity index (χ3n) is 5.17. The highest BCUT2D eigenvalue weighted by molar-refractivity contribution is 5.96. The Kier molecular flexibility index (Phi) is 8.46.